The second-order valence-electron chi connectivity index (χ2n) is 4.23. The Morgan fingerprint density at radius 1 is 1.36 bits per heavy atom. The molecule has 0 spiro atoms. The fraction of sp³-hybridized carbons (Fsp3) is 0.0769. The molecule has 114 valence electrons. The maximum atomic E-state index is 12.7. The van der Waals surface area contributed by atoms with Crippen molar-refractivity contribution in [2.45, 2.75) is 16.1 Å². The molecule has 0 aliphatic heterocycles. The third-order valence-corrected chi connectivity index (χ3v) is 4.56. The van der Waals surface area contributed by atoms with Gasteiger partial charge in [-0.25, -0.2) is 4.98 Å². The number of thiazole rings is 1. The van der Waals surface area contributed by atoms with Crippen molar-refractivity contribution in [1.82, 2.24) is 9.38 Å². The highest BCUT2D eigenvalue weighted by Crippen LogP contribution is 2.35. The summed E-state index contributed by atoms with van der Waals surface area (Å²) in [7, 11) is 0. The van der Waals surface area contributed by atoms with E-state index in [1.54, 1.807) is 16.7 Å². The Kier molecular flexibility index (Phi) is 3.83. The monoisotopic (exact) mass is 343 g/mol. The van der Waals surface area contributed by atoms with Gasteiger partial charge in [0.2, 0.25) is 0 Å². The summed E-state index contributed by atoms with van der Waals surface area (Å²) in [5.41, 5.74) is -0.197. The van der Waals surface area contributed by atoms with E-state index in [0.717, 1.165) is 23.9 Å². The van der Waals surface area contributed by atoms with Gasteiger partial charge in [-0.3, -0.25) is 4.40 Å². The van der Waals surface area contributed by atoms with Crippen molar-refractivity contribution in [2.24, 2.45) is 5.16 Å². The van der Waals surface area contributed by atoms with Crippen molar-refractivity contribution in [1.29, 1.82) is 0 Å². The fourth-order valence-corrected chi connectivity index (χ4v) is 3.60. The average molecular weight is 343 g/mol. The Bertz CT molecular complexity index is 839. The van der Waals surface area contributed by atoms with Crippen molar-refractivity contribution < 1.29 is 18.4 Å². The van der Waals surface area contributed by atoms with E-state index in [4.69, 9.17) is 5.21 Å². The van der Waals surface area contributed by atoms with Gasteiger partial charge in [-0.15, -0.1) is 11.3 Å². The summed E-state index contributed by atoms with van der Waals surface area (Å²) < 4.78 is 39.9. The molecular formula is C13H8F3N3OS2. The largest absolute Gasteiger partial charge is 0.416 e. The number of hydrogen-bond donors (Lipinski definition) is 1. The summed E-state index contributed by atoms with van der Waals surface area (Å²) in [6, 6.07) is 5.01. The molecule has 0 aliphatic carbocycles. The van der Waals surface area contributed by atoms with Crippen LogP contribution in [0.4, 0.5) is 13.2 Å². The number of rotatable bonds is 3. The third-order valence-electron chi connectivity index (χ3n) is 2.82. The molecule has 2 heterocycles. The van der Waals surface area contributed by atoms with Gasteiger partial charge in [0, 0.05) is 16.5 Å². The number of imidazole rings is 1. The summed E-state index contributed by atoms with van der Waals surface area (Å²) in [5, 5.41) is 14.0. The first kappa shape index (κ1) is 14.9. The Morgan fingerprint density at radius 2 is 2.18 bits per heavy atom. The van der Waals surface area contributed by atoms with Gasteiger partial charge in [0.1, 0.15) is 10.7 Å². The third kappa shape index (κ3) is 2.81. The molecule has 3 rings (SSSR count). The van der Waals surface area contributed by atoms with Crippen LogP contribution < -0.4 is 0 Å². The molecule has 3 aromatic rings. The highest BCUT2D eigenvalue weighted by atomic mass is 32.2. The SMILES string of the molecule is ON=Cc1c(Sc2cccc(C(F)(F)F)c2)nc2sccn12. The Balaban J connectivity index is 2.00. The van der Waals surface area contributed by atoms with Crippen molar-refractivity contribution >= 4 is 34.3 Å². The van der Waals surface area contributed by atoms with Crippen molar-refractivity contribution in [3.05, 3.63) is 47.1 Å². The van der Waals surface area contributed by atoms with E-state index >= 15 is 0 Å². The predicted octanol–water partition coefficient (Wildman–Crippen LogP) is 4.37. The summed E-state index contributed by atoms with van der Waals surface area (Å²) in [6.45, 7) is 0. The van der Waals surface area contributed by atoms with Gasteiger partial charge in [-0.2, -0.15) is 13.2 Å². The second-order valence-corrected chi connectivity index (χ2v) is 6.17. The van der Waals surface area contributed by atoms with Gasteiger partial charge in [-0.1, -0.05) is 23.0 Å². The number of halogens is 3. The predicted molar refractivity (Wildman–Crippen MR) is 78.0 cm³/mol. The number of aromatic nitrogens is 2. The van der Waals surface area contributed by atoms with Gasteiger partial charge >= 0.3 is 6.18 Å². The molecule has 0 fully saturated rings. The zero-order chi connectivity index (χ0) is 15.7. The van der Waals surface area contributed by atoms with Gasteiger partial charge in [0.05, 0.1) is 11.8 Å². The number of fused-ring (bicyclic) bond motifs is 1. The zero-order valence-electron chi connectivity index (χ0n) is 10.8. The van der Waals surface area contributed by atoms with Crippen molar-refractivity contribution in [2.75, 3.05) is 0 Å². The lowest BCUT2D eigenvalue weighted by Gasteiger charge is -2.07. The van der Waals surface area contributed by atoms with Gasteiger partial charge < -0.3 is 5.21 Å². The highest BCUT2D eigenvalue weighted by molar-refractivity contribution is 7.99. The molecule has 0 amide bonds. The molecule has 0 bridgehead atoms. The van der Waals surface area contributed by atoms with Crippen LogP contribution >= 0.6 is 23.1 Å². The first-order chi connectivity index (χ1) is 10.5. The first-order valence-corrected chi connectivity index (χ1v) is 7.67. The van der Waals surface area contributed by atoms with Crippen LogP contribution in [0.15, 0.2) is 50.9 Å². The van der Waals surface area contributed by atoms with Crippen LogP contribution in [0, 0.1) is 0 Å². The molecule has 22 heavy (non-hydrogen) atoms. The van der Waals surface area contributed by atoms with E-state index in [9.17, 15) is 13.2 Å². The smallest absolute Gasteiger partial charge is 0.411 e. The summed E-state index contributed by atoms with van der Waals surface area (Å²) in [5.74, 6) is 0. The fourth-order valence-electron chi connectivity index (χ4n) is 1.88. The van der Waals surface area contributed by atoms with Crippen LogP contribution in [0.25, 0.3) is 4.96 Å². The van der Waals surface area contributed by atoms with Crippen LogP contribution in [-0.4, -0.2) is 20.8 Å². The molecule has 0 saturated heterocycles. The standard InChI is InChI=1S/C13H8F3N3OS2/c14-13(15,16)8-2-1-3-9(6-8)22-11-10(7-17-20)19-4-5-21-12(19)18-11/h1-7,20H. The Morgan fingerprint density at radius 3 is 2.91 bits per heavy atom. The van der Waals surface area contributed by atoms with Crippen LogP contribution in [0.5, 0.6) is 0 Å². The molecule has 0 radical (unpaired) electrons. The Hall–Kier alpha value is -2.00. The number of nitrogens with zero attached hydrogens (tertiary/aromatic N) is 3. The number of oxime groups is 1. The molecular weight excluding hydrogens is 335 g/mol. The number of hydrogen-bond acceptors (Lipinski definition) is 5. The second kappa shape index (κ2) is 5.65. The molecule has 1 N–H and O–H groups in total. The highest BCUT2D eigenvalue weighted by Gasteiger charge is 2.30. The molecule has 2 aromatic heterocycles. The molecule has 0 aliphatic rings. The lowest BCUT2D eigenvalue weighted by Crippen LogP contribution is -2.04. The number of alkyl halides is 3. The van der Waals surface area contributed by atoms with E-state index in [-0.39, 0.29) is 0 Å². The molecule has 0 atom stereocenters. The lowest BCUT2D eigenvalue weighted by atomic mass is 10.2. The molecule has 4 nitrogen and oxygen atoms in total. The van der Waals surface area contributed by atoms with E-state index in [0.29, 0.717) is 20.6 Å². The van der Waals surface area contributed by atoms with Crippen molar-refractivity contribution in [3.8, 4) is 0 Å². The molecule has 0 saturated carbocycles. The molecule has 1 aromatic carbocycles. The van der Waals surface area contributed by atoms with E-state index in [1.807, 2.05) is 5.38 Å². The topological polar surface area (TPSA) is 49.9 Å². The van der Waals surface area contributed by atoms with Crippen molar-refractivity contribution in [3.63, 3.8) is 0 Å². The maximum absolute atomic E-state index is 12.7. The molecule has 0 unspecified atom stereocenters. The van der Waals surface area contributed by atoms with Crippen LogP contribution in [0.3, 0.4) is 0 Å². The normalized spacial score (nSPS) is 12.5. The Labute approximate surface area is 130 Å². The summed E-state index contributed by atoms with van der Waals surface area (Å²) >= 11 is 2.47. The quantitative estimate of drug-likeness (QED) is 0.436. The first-order valence-electron chi connectivity index (χ1n) is 5.97. The lowest BCUT2D eigenvalue weighted by molar-refractivity contribution is -0.137. The summed E-state index contributed by atoms with van der Waals surface area (Å²) in [6.07, 6.45) is -1.43. The van der Waals surface area contributed by atoms with E-state index in [2.05, 4.69) is 10.1 Å². The van der Waals surface area contributed by atoms with Crippen LogP contribution in [0.2, 0.25) is 0 Å². The molecule has 9 heteroatoms. The summed E-state index contributed by atoms with van der Waals surface area (Å²) in [4.78, 5) is 5.42. The van der Waals surface area contributed by atoms with Gasteiger partial charge in [0.25, 0.3) is 0 Å². The minimum Gasteiger partial charge on any atom is -0.411 e. The average Bonchev–Trinajstić information content (AvgIpc) is 3.02. The zero-order valence-corrected chi connectivity index (χ0v) is 12.4. The van der Waals surface area contributed by atoms with Crippen LogP contribution in [0.1, 0.15) is 11.3 Å². The van der Waals surface area contributed by atoms with Gasteiger partial charge in [-0.05, 0) is 18.2 Å². The number of benzene rings is 1. The van der Waals surface area contributed by atoms with Gasteiger partial charge in [0.15, 0.2) is 4.96 Å². The van der Waals surface area contributed by atoms with E-state index < -0.39 is 11.7 Å². The minimum atomic E-state index is -4.39. The minimum absolute atomic E-state index is 0.410. The maximum Gasteiger partial charge on any atom is 0.416 e. The van der Waals surface area contributed by atoms with Crippen LogP contribution in [-0.2, 0) is 6.18 Å². The van der Waals surface area contributed by atoms with E-state index in [1.165, 1.54) is 23.6 Å².